The Morgan fingerprint density at radius 2 is 2.14 bits per heavy atom. The molecule has 0 saturated carbocycles. The zero-order chi connectivity index (χ0) is 15.6. The second kappa shape index (κ2) is 5.52. The fraction of sp³-hybridized carbons (Fsp3) is 0.250. The Labute approximate surface area is 121 Å². The molecule has 0 spiro atoms. The van der Waals surface area contributed by atoms with Crippen molar-refractivity contribution in [3.63, 3.8) is 0 Å². The van der Waals surface area contributed by atoms with E-state index in [4.69, 9.17) is 0 Å². The molecule has 8 nitrogen and oxygen atoms in total. The molecule has 2 N–H and O–H groups in total. The molecule has 21 heavy (non-hydrogen) atoms. The standard InChI is InChI=1S/C12H14N4O4S/c1-3-11-13-7-12(14-11)21(19,20)15-9-6-8(2)4-5-10(9)16(17)18/h4-7,15H,3H2,1-2H3,(H,13,14). The molecule has 2 rings (SSSR count). The predicted octanol–water partition coefficient (Wildman–Crippen LogP) is 1.99. The largest absolute Gasteiger partial charge is 0.332 e. The molecule has 0 saturated heterocycles. The predicted molar refractivity (Wildman–Crippen MR) is 76.6 cm³/mol. The number of anilines is 1. The Kier molecular flexibility index (Phi) is 3.94. The third-order valence-corrected chi connectivity index (χ3v) is 4.10. The van der Waals surface area contributed by atoms with Crippen LogP contribution < -0.4 is 4.72 Å². The molecule has 9 heteroatoms. The number of aromatic nitrogens is 2. The number of hydrogen-bond donors (Lipinski definition) is 2. The summed E-state index contributed by atoms with van der Waals surface area (Å²) in [6.45, 7) is 3.54. The van der Waals surface area contributed by atoms with E-state index in [-0.39, 0.29) is 16.4 Å². The Bertz CT molecular complexity index is 782. The molecule has 0 unspecified atom stereocenters. The molecule has 0 fully saturated rings. The van der Waals surface area contributed by atoms with E-state index in [1.807, 2.05) is 6.92 Å². The summed E-state index contributed by atoms with van der Waals surface area (Å²) >= 11 is 0. The zero-order valence-corrected chi connectivity index (χ0v) is 12.3. The summed E-state index contributed by atoms with van der Waals surface area (Å²) in [6, 6.07) is 4.21. The Morgan fingerprint density at radius 1 is 1.43 bits per heavy atom. The summed E-state index contributed by atoms with van der Waals surface area (Å²) < 4.78 is 26.6. The summed E-state index contributed by atoms with van der Waals surface area (Å²) in [6.07, 6.45) is 1.74. The van der Waals surface area contributed by atoms with Gasteiger partial charge in [-0.05, 0) is 18.6 Å². The van der Waals surface area contributed by atoms with Crippen molar-refractivity contribution in [2.45, 2.75) is 25.3 Å². The van der Waals surface area contributed by atoms with Gasteiger partial charge in [0.05, 0.1) is 11.1 Å². The second-order valence-electron chi connectivity index (χ2n) is 4.43. The number of nitrogens with zero attached hydrogens (tertiary/aromatic N) is 2. The lowest BCUT2D eigenvalue weighted by Gasteiger charge is -2.07. The average molecular weight is 310 g/mol. The van der Waals surface area contributed by atoms with Crippen molar-refractivity contribution in [1.29, 1.82) is 0 Å². The minimum Gasteiger partial charge on any atom is -0.332 e. The van der Waals surface area contributed by atoms with Gasteiger partial charge in [-0.15, -0.1) is 0 Å². The average Bonchev–Trinajstić information content (AvgIpc) is 2.87. The van der Waals surface area contributed by atoms with E-state index in [9.17, 15) is 18.5 Å². The van der Waals surface area contributed by atoms with Gasteiger partial charge < -0.3 is 4.98 Å². The van der Waals surface area contributed by atoms with Crippen LogP contribution in [0.25, 0.3) is 0 Å². The van der Waals surface area contributed by atoms with Crippen LogP contribution in [0.4, 0.5) is 11.4 Å². The maximum atomic E-state index is 12.2. The highest BCUT2D eigenvalue weighted by molar-refractivity contribution is 7.92. The van der Waals surface area contributed by atoms with Gasteiger partial charge >= 0.3 is 0 Å². The number of H-pyrrole nitrogens is 1. The number of imidazole rings is 1. The minimum atomic E-state index is -3.95. The van der Waals surface area contributed by atoms with Crippen LogP contribution >= 0.6 is 0 Å². The van der Waals surface area contributed by atoms with Crippen molar-refractivity contribution >= 4 is 21.4 Å². The van der Waals surface area contributed by atoms with E-state index < -0.39 is 14.9 Å². The fourth-order valence-corrected chi connectivity index (χ4v) is 2.76. The third kappa shape index (κ3) is 3.19. The van der Waals surface area contributed by atoms with Crippen molar-refractivity contribution in [3.8, 4) is 0 Å². The molecule has 112 valence electrons. The van der Waals surface area contributed by atoms with Gasteiger partial charge in [-0.25, -0.2) is 4.98 Å². The lowest BCUT2D eigenvalue weighted by molar-refractivity contribution is -0.383. The van der Waals surface area contributed by atoms with E-state index in [0.717, 1.165) is 0 Å². The Morgan fingerprint density at radius 3 is 2.71 bits per heavy atom. The highest BCUT2D eigenvalue weighted by Crippen LogP contribution is 2.27. The second-order valence-corrected chi connectivity index (χ2v) is 6.08. The van der Waals surface area contributed by atoms with E-state index in [2.05, 4.69) is 14.7 Å². The van der Waals surface area contributed by atoms with Gasteiger partial charge in [0.15, 0.2) is 5.03 Å². The topological polar surface area (TPSA) is 118 Å². The first-order valence-electron chi connectivity index (χ1n) is 6.15. The van der Waals surface area contributed by atoms with E-state index >= 15 is 0 Å². The summed E-state index contributed by atoms with van der Waals surface area (Å²) in [7, 11) is -3.95. The molecule has 0 amide bonds. The van der Waals surface area contributed by atoms with Crippen molar-refractivity contribution in [3.05, 3.63) is 45.9 Å². The molecule has 0 aliphatic carbocycles. The van der Waals surface area contributed by atoms with Crippen LogP contribution in [-0.2, 0) is 16.4 Å². The van der Waals surface area contributed by atoms with Gasteiger partial charge in [-0.3, -0.25) is 14.8 Å². The highest BCUT2D eigenvalue weighted by atomic mass is 32.2. The normalized spacial score (nSPS) is 11.3. The van der Waals surface area contributed by atoms with Gasteiger partial charge in [0.2, 0.25) is 0 Å². The number of nitro benzene ring substituents is 1. The van der Waals surface area contributed by atoms with Gasteiger partial charge in [0.25, 0.3) is 15.7 Å². The van der Waals surface area contributed by atoms with Crippen LogP contribution in [0.15, 0.2) is 29.4 Å². The molecule has 0 aliphatic rings. The SMILES string of the molecule is CCc1ncc(S(=O)(=O)Nc2cc(C)ccc2[N+](=O)[O-])[nH]1. The third-order valence-electron chi connectivity index (χ3n) is 2.82. The molecular weight excluding hydrogens is 296 g/mol. The lowest BCUT2D eigenvalue weighted by Crippen LogP contribution is -2.14. The molecule has 1 heterocycles. The minimum absolute atomic E-state index is 0.0763. The van der Waals surface area contributed by atoms with Gasteiger partial charge in [0, 0.05) is 12.5 Å². The molecule has 1 aromatic carbocycles. The summed E-state index contributed by atoms with van der Waals surface area (Å²) in [5, 5.41) is 10.8. The van der Waals surface area contributed by atoms with Crippen molar-refractivity contribution < 1.29 is 13.3 Å². The first kappa shape index (κ1) is 15.0. The maximum Gasteiger partial charge on any atom is 0.293 e. The van der Waals surface area contributed by atoms with Crippen molar-refractivity contribution in [2.75, 3.05) is 4.72 Å². The lowest BCUT2D eigenvalue weighted by atomic mass is 10.2. The number of nitrogens with one attached hydrogen (secondary N) is 2. The van der Waals surface area contributed by atoms with Crippen molar-refractivity contribution in [2.24, 2.45) is 0 Å². The zero-order valence-electron chi connectivity index (χ0n) is 11.5. The van der Waals surface area contributed by atoms with Gasteiger partial charge in [-0.1, -0.05) is 13.0 Å². The number of hydrogen-bond acceptors (Lipinski definition) is 5. The number of nitro groups is 1. The maximum absolute atomic E-state index is 12.2. The van der Waals surface area contributed by atoms with Crippen LogP contribution in [0.2, 0.25) is 0 Å². The van der Waals surface area contributed by atoms with Gasteiger partial charge in [-0.2, -0.15) is 8.42 Å². The smallest absolute Gasteiger partial charge is 0.293 e. The Balaban J connectivity index is 2.41. The molecular formula is C12H14N4O4S. The summed E-state index contributed by atoms with van der Waals surface area (Å²) in [4.78, 5) is 16.9. The Hall–Kier alpha value is -2.42. The van der Waals surface area contributed by atoms with E-state index in [1.54, 1.807) is 13.0 Å². The quantitative estimate of drug-likeness (QED) is 0.646. The number of benzene rings is 1. The number of aryl methyl sites for hydroxylation is 2. The van der Waals surface area contributed by atoms with E-state index in [0.29, 0.717) is 17.8 Å². The monoisotopic (exact) mass is 310 g/mol. The number of rotatable bonds is 5. The summed E-state index contributed by atoms with van der Waals surface area (Å²) in [5.41, 5.74) is 0.323. The van der Waals surface area contributed by atoms with Crippen LogP contribution in [0, 0.1) is 17.0 Å². The first-order chi connectivity index (χ1) is 9.83. The fourth-order valence-electron chi connectivity index (χ4n) is 1.75. The first-order valence-corrected chi connectivity index (χ1v) is 7.63. The van der Waals surface area contributed by atoms with Crippen LogP contribution in [0.3, 0.4) is 0 Å². The van der Waals surface area contributed by atoms with Crippen LogP contribution in [0.1, 0.15) is 18.3 Å². The van der Waals surface area contributed by atoms with Crippen LogP contribution in [-0.4, -0.2) is 23.3 Å². The number of aromatic amines is 1. The highest BCUT2D eigenvalue weighted by Gasteiger charge is 2.22. The van der Waals surface area contributed by atoms with Gasteiger partial charge in [0.1, 0.15) is 11.5 Å². The van der Waals surface area contributed by atoms with Crippen molar-refractivity contribution in [1.82, 2.24) is 9.97 Å². The number of sulfonamides is 1. The summed E-state index contributed by atoms with van der Waals surface area (Å²) in [5.74, 6) is 0.522. The van der Waals surface area contributed by atoms with E-state index in [1.165, 1.54) is 18.3 Å². The molecule has 0 atom stereocenters. The molecule has 0 radical (unpaired) electrons. The molecule has 0 bridgehead atoms. The molecule has 2 aromatic rings. The van der Waals surface area contributed by atoms with Crippen LogP contribution in [0.5, 0.6) is 0 Å². The molecule has 0 aliphatic heterocycles. The molecule has 1 aromatic heterocycles.